The Balaban J connectivity index is 1.74. The van der Waals surface area contributed by atoms with E-state index in [0.717, 1.165) is 11.1 Å². The number of hydrogen-bond donors (Lipinski definition) is 2. The predicted molar refractivity (Wildman–Crippen MR) is 90.5 cm³/mol. The van der Waals surface area contributed by atoms with Gasteiger partial charge in [-0.3, -0.25) is 4.79 Å². The maximum absolute atomic E-state index is 14.0. The fourth-order valence-corrected chi connectivity index (χ4v) is 2.99. The first-order chi connectivity index (χ1) is 11.6. The van der Waals surface area contributed by atoms with E-state index in [1.54, 1.807) is 24.3 Å². The molecule has 1 aliphatic carbocycles. The van der Waals surface area contributed by atoms with Gasteiger partial charge in [0, 0.05) is 23.2 Å². The summed E-state index contributed by atoms with van der Waals surface area (Å²) in [5.74, 6) is -0.436. The summed E-state index contributed by atoms with van der Waals surface area (Å²) < 4.78 is 14.0. The summed E-state index contributed by atoms with van der Waals surface area (Å²) in [4.78, 5) is 12.3. The summed E-state index contributed by atoms with van der Waals surface area (Å²) in [6, 6.07) is 12.2. The minimum Gasteiger partial charge on any atom is -0.326 e. The van der Waals surface area contributed by atoms with E-state index in [9.17, 15) is 9.18 Å². The Morgan fingerprint density at radius 1 is 1.25 bits per heavy atom. The van der Waals surface area contributed by atoms with Gasteiger partial charge in [0.1, 0.15) is 5.82 Å². The monoisotopic (exact) mass is 323 g/mol. The number of nitrogens with zero attached hydrogens (tertiary/aromatic N) is 1. The van der Waals surface area contributed by atoms with Crippen LogP contribution in [0.2, 0.25) is 0 Å². The third-order valence-corrected chi connectivity index (χ3v) is 4.31. The van der Waals surface area contributed by atoms with Gasteiger partial charge in [0.25, 0.3) is 0 Å². The summed E-state index contributed by atoms with van der Waals surface area (Å²) in [5.41, 5.74) is 2.86. The molecule has 0 aliphatic heterocycles. The second kappa shape index (κ2) is 6.71. The minimum atomic E-state index is -0.287. The molecule has 5 heteroatoms. The van der Waals surface area contributed by atoms with Crippen LogP contribution in [0.4, 0.5) is 10.1 Å². The van der Waals surface area contributed by atoms with Crippen molar-refractivity contribution in [2.75, 3.05) is 5.32 Å². The Morgan fingerprint density at radius 2 is 2.00 bits per heavy atom. The quantitative estimate of drug-likeness (QED) is 0.667. The molecule has 1 amide bonds. The number of anilines is 1. The van der Waals surface area contributed by atoms with Gasteiger partial charge in [-0.05, 0) is 49.1 Å². The number of carbonyl (C=O) groups excluding carboxylic acids is 1. The normalized spacial score (nSPS) is 19.0. The van der Waals surface area contributed by atoms with Crippen molar-refractivity contribution in [1.82, 2.24) is 5.32 Å². The van der Waals surface area contributed by atoms with Crippen LogP contribution in [0.5, 0.6) is 0 Å². The Kier molecular flexibility index (Phi) is 4.48. The molecule has 1 aliphatic rings. The van der Waals surface area contributed by atoms with E-state index in [4.69, 9.17) is 5.26 Å². The number of carbonyl (C=O) groups is 1. The smallest absolute Gasteiger partial charge is 0.227 e. The van der Waals surface area contributed by atoms with Crippen molar-refractivity contribution in [3.8, 4) is 17.3 Å². The van der Waals surface area contributed by atoms with Crippen LogP contribution in [0.15, 0.2) is 42.5 Å². The van der Waals surface area contributed by atoms with Crippen LogP contribution in [-0.4, -0.2) is 11.9 Å². The topological polar surface area (TPSA) is 64.9 Å². The van der Waals surface area contributed by atoms with Gasteiger partial charge in [-0.15, -0.1) is 0 Å². The van der Waals surface area contributed by atoms with Crippen molar-refractivity contribution in [3.05, 3.63) is 53.8 Å². The molecule has 1 fully saturated rings. The average Bonchev–Trinajstić information content (AvgIpc) is 2.50. The minimum absolute atomic E-state index is 0.0592. The first kappa shape index (κ1) is 16.0. The van der Waals surface area contributed by atoms with Crippen LogP contribution < -0.4 is 10.6 Å². The first-order valence-corrected chi connectivity index (χ1v) is 7.89. The third-order valence-electron chi connectivity index (χ3n) is 4.31. The summed E-state index contributed by atoms with van der Waals surface area (Å²) in [5, 5.41) is 14.1. The lowest BCUT2D eigenvalue weighted by atomic mass is 9.79. The fourth-order valence-electron chi connectivity index (χ4n) is 2.99. The second-order valence-electron chi connectivity index (χ2n) is 6.18. The molecule has 122 valence electrons. The average molecular weight is 323 g/mol. The number of rotatable bonds is 4. The number of amides is 1. The molecular weight excluding hydrogens is 305 g/mol. The molecule has 2 aromatic rings. The van der Waals surface area contributed by atoms with Crippen molar-refractivity contribution >= 4 is 11.6 Å². The van der Waals surface area contributed by atoms with Gasteiger partial charge in [0.15, 0.2) is 6.19 Å². The fraction of sp³-hybridized carbons (Fsp3) is 0.263. The van der Waals surface area contributed by atoms with Gasteiger partial charge in [-0.1, -0.05) is 24.3 Å². The van der Waals surface area contributed by atoms with Crippen LogP contribution >= 0.6 is 0 Å². The van der Waals surface area contributed by atoms with Crippen LogP contribution in [0.1, 0.15) is 18.4 Å². The molecule has 1 saturated carbocycles. The molecule has 0 saturated heterocycles. The summed E-state index contributed by atoms with van der Waals surface area (Å²) >= 11 is 0. The molecule has 0 aromatic heterocycles. The van der Waals surface area contributed by atoms with E-state index >= 15 is 0 Å². The van der Waals surface area contributed by atoms with Crippen LogP contribution in [0.25, 0.3) is 11.1 Å². The highest BCUT2D eigenvalue weighted by atomic mass is 19.1. The first-order valence-electron chi connectivity index (χ1n) is 7.89. The van der Waals surface area contributed by atoms with Gasteiger partial charge in [-0.25, -0.2) is 4.39 Å². The van der Waals surface area contributed by atoms with E-state index in [1.807, 2.05) is 25.2 Å². The van der Waals surface area contributed by atoms with E-state index < -0.39 is 0 Å². The number of hydrogen-bond acceptors (Lipinski definition) is 3. The maximum atomic E-state index is 14.0. The zero-order valence-electron chi connectivity index (χ0n) is 13.3. The van der Waals surface area contributed by atoms with Crippen molar-refractivity contribution in [2.24, 2.45) is 5.92 Å². The van der Waals surface area contributed by atoms with E-state index in [0.29, 0.717) is 24.1 Å². The zero-order chi connectivity index (χ0) is 17.1. The van der Waals surface area contributed by atoms with E-state index in [2.05, 4.69) is 10.6 Å². The second-order valence-corrected chi connectivity index (χ2v) is 6.18. The molecule has 4 nitrogen and oxygen atoms in total. The molecule has 2 N–H and O–H groups in total. The maximum Gasteiger partial charge on any atom is 0.227 e. The molecule has 0 unspecified atom stereocenters. The van der Waals surface area contributed by atoms with Crippen molar-refractivity contribution in [3.63, 3.8) is 0 Å². The third kappa shape index (κ3) is 3.38. The lowest BCUT2D eigenvalue weighted by Gasteiger charge is -2.33. The molecule has 0 atom stereocenters. The van der Waals surface area contributed by atoms with Crippen molar-refractivity contribution < 1.29 is 9.18 Å². The number of halogens is 1. The summed E-state index contributed by atoms with van der Waals surface area (Å²) in [6.45, 7) is 1.91. The van der Waals surface area contributed by atoms with E-state index in [-0.39, 0.29) is 23.7 Å². The van der Waals surface area contributed by atoms with Gasteiger partial charge in [0.05, 0.1) is 0 Å². The molecular formula is C19H18FN3O. The standard InChI is InChI=1S/C19H18FN3O/c1-12-6-13(17-4-2-3-5-18(17)20)8-16(7-12)23-19(24)14-9-15(10-14)22-11-21/h2-8,14-15,22H,9-10H2,1H3,(H,23,24)/t14-,15-. The Morgan fingerprint density at radius 3 is 2.71 bits per heavy atom. The number of nitrogens with one attached hydrogen (secondary N) is 2. The highest BCUT2D eigenvalue weighted by Gasteiger charge is 2.34. The van der Waals surface area contributed by atoms with Crippen LogP contribution in [0.3, 0.4) is 0 Å². The number of aryl methyl sites for hydroxylation is 1. The zero-order valence-corrected chi connectivity index (χ0v) is 13.3. The molecule has 3 rings (SSSR count). The number of benzene rings is 2. The summed E-state index contributed by atoms with van der Waals surface area (Å²) in [7, 11) is 0. The largest absolute Gasteiger partial charge is 0.326 e. The Labute approximate surface area is 140 Å². The van der Waals surface area contributed by atoms with Crippen molar-refractivity contribution in [2.45, 2.75) is 25.8 Å². The highest BCUT2D eigenvalue weighted by molar-refractivity contribution is 5.94. The Bertz CT molecular complexity index is 806. The van der Waals surface area contributed by atoms with Gasteiger partial charge < -0.3 is 10.6 Å². The number of nitriles is 1. The summed E-state index contributed by atoms with van der Waals surface area (Å²) in [6.07, 6.45) is 3.22. The lowest BCUT2D eigenvalue weighted by Crippen LogP contribution is -2.44. The molecule has 0 spiro atoms. The molecule has 0 heterocycles. The van der Waals surface area contributed by atoms with Crippen LogP contribution in [-0.2, 0) is 4.79 Å². The van der Waals surface area contributed by atoms with Gasteiger partial charge in [-0.2, -0.15) is 5.26 Å². The molecule has 0 radical (unpaired) electrons. The SMILES string of the molecule is Cc1cc(NC(=O)[C@H]2C[C@H](NC#N)C2)cc(-c2ccccc2F)c1. The predicted octanol–water partition coefficient (Wildman–Crippen LogP) is 3.59. The van der Waals surface area contributed by atoms with Gasteiger partial charge >= 0.3 is 0 Å². The lowest BCUT2D eigenvalue weighted by molar-refractivity contribution is -0.122. The van der Waals surface area contributed by atoms with Crippen LogP contribution in [0, 0.1) is 30.1 Å². The Hall–Kier alpha value is -2.87. The van der Waals surface area contributed by atoms with Gasteiger partial charge in [0.2, 0.25) is 5.91 Å². The molecule has 2 aromatic carbocycles. The van der Waals surface area contributed by atoms with Crippen molar-refractivity contribution in [1.29, 1.82) is 5.26 Å². The highest BCUT2D eigenvalue weighted by Crippen LogP contribution is 2.30. The molecule has 24 heavy (non-hydrogen) atoms. The van der Waals surface area contributed by atoms with E-state index in [1.165, 1.54) is 6.07 Å². The molecule has 0 bridgehead atoms.